The van der Waals surface area contributed by atoms with Gasteiger partial charge in [0.1, 0.15) is 0 Å². The first kappa shape index (κ1) is 23.1. The van der Waals surface area contributed by atoms with Crippen molar-refractivity contribution in [2.45, 2.75) is 45.2 Å². The highest BCUT2D eigenvalue weighted by Gasteiger charge is 2.29. The van der Waals surface area contributed by atoms with E-state index in [2.05, 4.69) is 0 Å². The summed E-state index contributed by atoms with van der Waals surface area (Å²) in [5.41, 5.74) is 2.15. The highest BCUT2D eigenvalue weighted by molar-refractivity contribution is 5.86. The lowest BCUT2D eigenvalue weighted by Crippen LogP contribution is -2.45. The molecule has 2 aromatic rings. The number of carbonyl (C=O) groups excluding carboxylic acids is 2. The van der Waals surface area contributed by atoms with Crippen LogP contribution in [0.25, 0.3) is 0 Å². The zero-order chi connectivity index (χ0) is 22.1. The number of aromatic nitrogens is 1. The first-order valence-corrected chi connectivity index (χ1v) is 11.3. The number of hydrogen-bond acceptors (Lipinski definition) is 3. The van der Waals surface area contributed by atoms with Gasteiger partial charge in [0.2, 0.25) is 11.8 Å². The van der Waals surface area contributed by atoms with Gasteiger partial charge in [-0.05, 0) is 37.0 Å². The van der Waals surface area contributed by atoms with Crippen molar-refractivity contribution in [2.24, 2.45) is 13.0 Å². The summed E-state index contributed by atoms with van der Waals surface area (Å²) in [5, 5.41) is 0. The average molecular weight is 426 g/mol. The Hall–Kier alpha value is -2.60. The van der Waals surface area contributed by atoms with Gasteiger partial charge in [-0.3, -0.25) is 9.59 Å². The van der Waals surface area contributed by atoms with Gasteiger partial charge in [0, 0.05) is 51.7 Å². The Labute approximate surface area is 185 Å². The monoisotopic (exact) mass is 425 g/mol. The molecule has 0 aliphatic heterocycles. The second kappa shape index (κ2) is 11.7. The van der Waals surface area contributed by atoms with E-state index in [0.717, 1.165) is 43.4 Å². The molecule has 1 aromatic heterocycles. The molecule has 3 rings (SSSR count). The highest BCUT2D eigenvalue weighted by atomic mass is 16.5. The van der Waals surface area contributed by atoms with Crippen LogP contribution >= 0.6 is 0 Å². The van der Waals surface area contributed by atoms with E-state index in [4.69, 9.17) is 4.74 Å². The molecule has 0 N–H and O–H groups in total. The highest BCUT2D eigenvalue weighted by Crippen LogP contribution is 2.26. The minimum atomic E-state index is -0.0196. The molecular formula is C25H35N3O3. The lowest BCUT2D eigenvalue weighted by molar-refractivity contribution is -0.143. The average Bonchev–Trinajstić information content (AvgIpc) is 3.45. The second-order valence-electron chi connectivity index (χ2n) is 8.43. The van der Waals surface area contributed by atoms with Crippen LogP contribution in [0, 0.1) is 5.92 Å². The minimum absolute atomic E-state index is 0.0196. The molecule has 1 saturated carbocycles. The summed E-state index contributed by atoms with van der Waals surface area (Å²) >= 11 is 0. The van der Waals surface area contributed by atoms with Crippen molar-refractivity contribution in [2.75, 3.05) is 26.8 Å². The van der Waals surface area contributed by atoms with Gasteiger partial charge < -0.3 is 19.1 Å². The molecule has 6 nitrogen and oxygen atoms in total. The summed E-state index contributed by atoms with van der Waals surface area (Å²) < 4.78 is 7.21. The Morgan fingerprint density at radius 1 is 1.03 bits per heavy atom. The summed E-state index contributed by atoms with van der Waals surface area (Å²) in [5.74, 6) is 0.167. The van der Waals surface area contributed by atoms with E-state index < -0.39 is 0 Å². The number of amides is 2. The van der Waals surface area contributed by atoms with Gasteiger partial charge in [0.15, 0.2) is 0 Å². The normalized spacial score (nSPS) is 14.0. The van der Waals surface area contributed by atoms with E-state index in [1.807, 2.05) is 65.2 Å². The van der Waals surface area contributed by atoms with E-state index >= 15 is 0 Å². The summed E-state index contributed by atoms with van der Waals surface area (Å²) in [6, 6.07) is 14.0. The van der Waals surface area contributed by atoms with Crippen LogP contribution in [0.1, 0.15) is 43.4 Å². The number of methoxy groups -OCH3 is 1. The Morgan fingerprint density at radius 2 is 1.77 bits per heavy atom. The lowest BCUT2D eigenvalue weighted by Gasteiger charge is -2.29. The first-order valence-electron chi connectivity index (χ1n) is 11.3. The van der Waals surface area contributed by atoms with Gasteiger partial charge in [-0.2, -0.15) is 0 Å². The van der Waals surface area contributed by atoms with Gasteiger partial charge in [-0.15, -0.1) is 0 Å². The number of ether oxygens (including phenoxy) is 1. The maximum atomic E-state index is 13.4. The fourth-order valence-electron chi connectivity index (χ4n) is 4.25. The van der Waals surface area contributed by atoms with Crippen LogP contribution in [0.15, 0.2) is 48.7 Å². The molecule has 1 heterocycles. The molecule has 1 aromatic carbocycles. The zero-order valence-corrected chi connectivity index (χ0v) is 18.8. The second-order valence-corrected chi connectivity index (χ2v) is 8.43. The smallest absolute Gasteiger partial charge is 0.242 e. The van der Waals surface area contributed by atoms with Gasteiger partial charge in [0.05, 0.1) is 13.1 Å². The maximum Gasteiger partial charge on any atom is 0.242 e. The summed E-state index contributed by atoms with van der Waals surface area (Å²) in [7, 11) is 3.65. The van der Waals surface area contributed by atoms with Gasteiger partial charge in [-0.25, -0.2) is 0 Å². The van der Waals surface area contributed by atoms with Crippen LogP contribution < -0.4 is 0 Å². The van der Waals surface area contributed by atoms with Crippen LogP contribution in [0.5, 0.6) is 0 Å². The van der Waals surface area contributed by atoms with Crippen molar-refractivity contribution >= 4 is 11.8 Å². The van der Waals surface area contributed by atoms with Crippen LogP contribution in [-0.4, -0.2) is 53.0 Å². The Balaban J connectivity index is 1.74. The first-order chi connectivity index (χ1) is 15.1. The van der Waals surface area contributed by atoms with Crippen molar-refractivity contribution in [1.29, 1.82) is 0 Å². The summed E-state index contributed by atoms with van der Waals surface area (Å²) in [6.07, 6.45) is 6.80. The van der Waals surface area contributed by atoms with Gasteiger partial charge >= 0.3 is 0 Å². The fraction of sp³-hybridized carbons (Fsp3) is 0.520. The Kier molecular flexibility index (Phi) is 8.71. The molecule has 0 atom stereocenters. The van der Waals surface area contributed by atoms with Crippen LogP contribution in [0.3, 0.4) is 0 Å². The molecule has 6 heteroatoms. The molecule has 0 spiro atoms. The Bertz CT molecular complexity index is 828. The third-order valence-electron chi connectivity index (χ3n) is 6.09. The predicted molar refractivity (Wildman–Crippen MR) is 121 cm³/mol. The van der Waals surface area contributed by atoms with E-state index in [-0.39, 0.29) is 24.3 Å². The standard InChI is InChI=1S/C25H35N3O3/c1-26-15-8-14-23(26)19-28(18-21-10-4-3-5-11-21)24(29)20-27(16-9-17-31-2)25(30)22-12-6-7-13-22/h3-5,8,10-11,14-15,22H,6-7,9,12-13,16-20H2,1-2H3. The molecule has 1 fully saturated rings. The van der Waals surface area contributed by atoms with E-state index in [1.165, 1.54) is 0 Å². The number of benzene rings is 1. The van der Waals surface area contributed by atoms with Crippen molar-refractivity contribution in [3.8, 4) is 0 Å². The quantitative estimate of drug-likeness (QED) is 0.517. The van der Waals surface area contributed by atoms with Crippen molar-refractivity contribution in [3.63, 3.8) is 0 Å². The van der Waals surface area contributed by atoms with E-state index in [0.29, 0.717) is 26.2 Å². The molecule has 31 heavy (non-hydrogen) atoms. The van der Waals surface area contributed by atoms with Gasteiger partial charge in [-0.1, -0.05) is 43.2 Å². The molecular weight excluding hydrogens is 390 g/mol. The zero-order valence-electron chi connectivity index (χ0n) is 18.8. The van der Waals surface area contributed by atoms with Crippen LogP contribution in [0.2, 0.25) is 0 Å². The van der Waals surface area contributed by atoms with Crippen LogP contribution in [-0.2, 0) is 34.5 Å². The molecule has 2 amide bonds. The predicted octanol–water partition coefficient (Wildman–Crippen LogP) is 3.61. The molecule has 0 saturated heterocycles. The fourth-order valence-corrected chi connectivity index (χ4v) is 4.25. The number of nitrogens with zero attached hydrogens (tertiary/aromatic N) is 3. The van der Waals surface area contributed by atoms with Crippen LogP contribution in [0.4, 0.5) is 0 Å². The molecule has 0 radical (unpaired) electrons. The third-order valence-corrected chi connectivity index (χ3v) is 6.09. The summed E-state index contributed by atoms with van der Waals surface area (Å²) in [6.45, 7) is 2.30. The van der Waals surface area contributed by atoms with Crippen molar-refractivity contribution in [1.82, 2.24) is 14.4 Å². The van der Waals surface area contributed by atoms with Crippen molar-refractivity contribution in [3.05, 3.63) is 59.9 Å². The number of carbonyl (C=O) groups is 2. The number of aryl methyl sites for hydroxylation is 1. The topological polar surface area (TPSA) is 54.8 Å². The summed E-state index contributed by atoms with van der Waals surface area (Å²) in [4.78, 5) is 30.2. The number of hydrogen-bond donors (Lipinski definition) is 0. The molecule has 0 bridgehead atoms. The largest absolute Gasteiger partial charge is 0.385 e. The maximum absolute atomic E-state index is 13.4. The molecule has 1 aliphatic carbocycles. The van der Waals surface area contributed by atoms with Gasteiger partial charge in [0.25, 0.3) is 0 Å². The van der Waals surface area contributed by atoms with E-state index in [1.54, 1.807) is 12.0 Å². The Morgan fingerprint density at radius 3 is 2.42 bits per heavy atom. The van der Waals surface area contributed by atoms with E-state index in [9.17, 15) is 9.59 Å². The molecule has 168 valence electrons. The SMILES string of the molecule is COCCCN(CC(=O)N(Cc1ccccc1)Cc1cccn1C)C(=O)C1CCCC1. The molecule has 0 unspecified atom stereocenters. The minimum Gasteiger partial charge on any atom is -0.385 e. The number of rotatable bonds is 11. The van der Waals surface area contributed by atoms with Crippen molar-refractivity contribution < 1.29 is 14.3 Å². The third kappa shape index (κ3) is 6.69. The molecule has 1 aliphatic rings. The lowest BCUT2D eigenvalue weighted by atomic mass is 10.1.